The smallest absolute Gasteiger partial charge is 0.423 e. The number of nitrogens with zero attached hydrogens (tertiary/aromatic N) is 1. The van der Waals surface area contributed by atoms with Crippen molar-refractivity contribution in [2.75, 3.05) is 7.11 Å². The van der Waals surface area contributed by atoms with Gasteiger partial charge in [-0.1, -0.05) is 0 Å². The van der Waals surface area contributed by atoms with E-state index in [1.165, 1.54) is 0 Å². The van der Waals surface area contributed by atoms with Gasteiger partial charge < -0.3 is 9.84 Å². The van der Waals surface area contributed by atoms with Crippen molar-refractivity contribution < 1.29 is 32.7 Å². The van der Waals surface area contributed by atoms with Crippen molar-refractivity contribution >= 4 is 11.7 Å². The second kappa shape index (κ2) is 4.51. The van der Waals surface area contributed by atoms with E-state index in [4.69, 9.17) is 5.11 Å². The summed E-state index contributed by atoms with van der Waals surface area (Å²) in [6.07, 6.45) is -4.98. The molecule has 0 aliphatic rings. The topological polar surface area (TPSA) is 89.7 Å². The Morgan fingerprint density at radius 3 is 2.33 bits per heavy atom. The number of carbonyl (C=O) groups is 1. The third-order valence-corrected chi connectivity index (χ3v) is 2.05. The number of methoxy groups -OCH3 is 1. The Kier molecular flexibility index (Phi) is 3.44. The number of nitro groups is 1. The van der Waals surface area contributed by atoms with Crippen molar-refractivity contribution in [3.63, 3.8) is 0 Å². The average molecular weight is 265 g/mol. The molecule has 0 spiro atoms. The SMILES string of the molecule is COc1cc(C(F)(F)F)c([N+](=O)[O-])cc1C(=O)O. The largest absolute Gasteiger partial charge is 0.496 e. The summed E-state index contributed by atoms with van der Waals surface area (Å²) >= 11 is 0. The fourth-order valence-electron chi connectivity index (χ4n) is 1.28. The number of halogens is 3. The average Bonchev–Trinajstić information content (AvgIpc) is 2.25. The number of aromatic carboxylic acids is 1. The van der Waals surface area contributed by atoms with E-state index in [1.807, 2.05) is 0 Å². The third kappa shape index (κ3) is 2.50. The molecule has 98 valence electrons. The molecule has 9 heteroatoms. The summed E-state index contributed by atoms with van der Waals surface area (Å²) in [7, 11) is 0.966. The van der Waals surface area contributed by atoms with Gasteiger partial charge >= 0.3 is 12.1 Å². The molecule has 0 atom stereocenters. The summed E-state index contributed by atoms with van der Waals surface area (Å²) < 4.78 is 42.1. The molecule has 0 amide bonds. The molecule has 0 radical (unpaired) electrons. The van der Waals surface area contributed by atoms with Gasteiger partial charge in [0.05, 0.1) is 12.0 Å². The van der Waals surface area contributed by atoms with Gasteiger partial charge in [-0.3, -0.25) is 10.1 Å². The second-order valence-electron chi connectivity index (χ2n) is 3.13. The zero-order valence-electron chi connectivity index (χ0n) is 8.82. The van der Waals surface area contributed by atoms with Crippen LogP contribution in [0.4, 0.5) is 18.9 Å². The summed E-state index contributed by atoms with van der Waals surface area (Å²) in [5.74, 6) is -2.22. The van der Waals surface area contributed by atoms with Gasteiger partial charge in [0.2, 0.25) is 0 Å². The normalized spacial score (nSPS) is 11.1. The summed E-state index contributed by atoms with van der Waals surface area (Å²) in [6.45, 7) is 0. The number of ether oxygens (including phenoxy) is 1. The van der Waals surface area contributed by atoms with Crippen LogP contribution in [0.3, 0.4) is 0 Å². The van der Waals surface area contributed by atoms with Crippen LogP contribution in [-0.4, -0.2) is 23.1 Å². The van der Waals surface area contributed by atoms with Crippen LogP contribution in [0.25, 0.3) is 0 Å². The first kappa shape index (κ1) is 13.7. The van der Waals surface area contributed by atoms with Crippen LogP contribution < -0.4 is 4.74 Å². The molecule has 0 aliphatic heterocycles. The molecule has 0 fully saturated rings. The van der Waals surface area contributed by atoms with Crippen LogP contribution in [0.2, 0.25) is 0 Å². The minimum atomic E-state index is -4.98. The number of nitro benzene ring substituents is 1. The highest BCUT2D eigenvalue weighted by Crippen LogP contribution is 2.39. The quantitative estimate of drug-likeness (QED) is 0.669. The zero-order chi connectivity index (χ0) is 14.1. The van der Waals surface area contributed by atoms with Crippen molar-refractivity contribution in [2.24, 2.45) is 0 Å². The number of carboxylic acids is 1. The van der Waals surface area contributed by atoms with Crippen LogP contribution in [0, 0.1) is 10.1 Å². The highest BCUT2D eigenvalue weighted by molar-refractivity contribution is 5.92. The molecule has 6 nitrogen and oxygen atoms in total. The molecule has 0 aromatic heterocycles. The highest BCUT2D eigenvalue weighted by atomic mass is 19.4. The van der Waals surface area contributed by atoms with Gasteiger partial charge in [0.1, 0.15) is 16.9 Å². The number of rotatable bonds is 3. The lowest BCUT2D eigenvalue weighted by atomic mass is 10.1. The van der Waals surface area contributed by atoms with Crippen LogP contribution in [-0.2, 0) is 6.18 Å². The van der Waals surface area contributed by atoms with Gasteiger partial charge in [-0.2, -0.15) is 13.2 Å². The number of hydrogen-bond acceptors (Lipinski definition) is 4. The van der Waals surface area contributed by atoms with Crippen molar-refractivity contribution in [3.8, 4) is 5.75 Å². The molecule has 1 rings (SSSR count). The van der Waals surface area contributed by atoms with E-state index in [0.717, 1.165) is 7.11 Å². The number of alkyl halides is 3. The first-order valence-electron chi connectivity index (χ1n) is 4.35. The van der Waals surface area contributed by atoms with Gasteiger partial charge in [0.15, 0.2) is 0 Å². The van der Waals surface area contributed by atoms with E-state index >= 15 is 0 Å². The Labute approximate surface area is 97.7 Å². The molecule has 0 saturated carbocycles. The minimum absolute atomic E-state index is 0.293. The minimum Gasteiger partial charge on any atom is -0.496 e. The lowest BCUT2D eigenvalue weighted by Crippen LogP contribution is -2.11. The molecule has 0 unspecified atom stereocenters. The number of benzene rings is 1. The predicted molar refractivity (Wildman–Crippen MR) is 51.6 cm³/mol. The first-order valence-corrected chi connectivity index (χ1v) is 4.35. The Morgan fingerprint density at radius 1 is 1.44 bits per heavy atom. The van der Waals surface area contributed by atoms with E-state index < -0.39 is 39.6 Å². The Balaban J connectivity index is 3.63. The fraction of sp³-hybridized carbons (Fsp3) is 0.222. The summed E-state index contributed by atoms with van der Waals surface area (Å²) in [5.41, 5.74) is -3.60. The van der Waals surface area contributed by atoms with E-state index in [9.17, 15) is 28.1 Å². The Morgan fingerprint density at radius 2 is 2.00 bits per heavy atom. The molecule has 1 aromatic rings. The van der Waals surface area contributed by atoms with Crippen molar-refractivity contribution in [3.05, 3.63) is 33.4 Å². The van der Waals surface area contributed by atoms with E-state index in [2.05, 4.69) is 4.74 Å². The van der Waals surface area contributed by atoms with Crippen LogP contribution >= 0.6 is 0 Å². The molecular weight excluding hydrogens is 259 g/mol. The van der Waals surface area contributed by atoms with Crippen LogP contribution in [0.1, 0.15) is 15.9 Å². The van der Waals surface area contributed by atoms with Crippen LogP contribution in [0.5, 0.6) is 5.75 Å². The van der Waals surface area contributed by atoms with Crippen LogP contribution in [0.15, 0.2) is 12.1 Å². The van der Waals surface area contributed by atoms with Crippen molar-refractivity contribution in [1.82, 2.24) is 0 Å². The molecule has 0 bridgehead atoms. The Bertz CT molecular complexity index is 512. The lowest BCUT2D eigenvalue weighted by Gasteiger charge is -2.11. The van der Waals surface area contributed by atoms with Gasteiger partial charge in [-0.15, -0.1) is 0 Å². The molecule has 18 heavy (non-hydrogen) atoms. The van der Waals surface area contributed by atoms with Crippen molar-refractivity contribution in [1.29, 1.82) is 0 Å². The summed E-state index contributed by atoms with van der Waals surface area (Å²) in [4.78, 5) is 20.0. The predicted octanol–water partition coefficient (Wildman–Crippen LogP) is 2.32. The molecule has 0 saturated heterocycles. The molecule has 0 heterocycles. The first-order chi connectivity index (χ1) is 8.18. The number of hydrogen-bond donors (Lipinski definition) is 1. The van der Waals surface area contributed by atoms with Gasteiger partial charge in [-0.25, -0.2) is 4.79 Å². The van der Waals surface area contributed by atoms with E-state index in [-0.39, 0.29) is 0 Å². The fourth-order valence-corrected chi connectivity index (χ4v) is 1.28. The van der Waals surface area contributed by atoms with Gasteiger partial charge in [0, 0.05) is 12.1 Å². The maximum Gasteiger partial charge on any atom is 0.423 e. The van der Waals surface area contributed by atoms with E-state index in [1.54, 1.807) is 0 Å². The zero-order valence-corrected chi connectivity index (χ0v) is 8.82. The molecular formula is C9H6F3NO5. The second-order valence-corrected chi connectivity index (χ2v) is 3.13. The Hall–Kier alpha value is -2.32. The molecule has 1 N–H and O–H groups in total. The maximum atomic E-state index is 12.6. The third-order valence-electron chi connectivity index (χ3n) is 2.05. The summed E-state index contributed by atoms with van der Waals surface area (Å²) in [5, 5.41) is 19.2. The maximum absolute atomic E-state index is 12.6. The standard InChI is InChI=1S/C9H6F3NO5/c1-18-7-3-5(9(10,11)12)6(13(16)17)2-4(7)8(14)15/h2-3H,1H3,(H,14,15). The molecule has 0 aliphatic carbocycles. The highest BCUT2D eigenvalue weighted by Gasteiger charge is 2.40. The summed E-state index contributed by atoms with van der Waals surface area (Å²) in [6, 6.07) is 0.617. The lowest BCUT2D eigenvalue weighted by molar-refractivity contribution is -0.388. The van der Waals surface area contributed by atoms with Crippen molar-refractivity contribution in [2.45, 2.75) is 6.18 Å². The monoisotopic (exact) mass is 265 g/mol. The molecule has 1 aromatic carbocycles. The van der Waals surface area contributed by atoms with Gasteiger partial charge in [0.25, 0.3) is 5.69 Å². The number of carboxylic acid groups (broad SMARTS) is 1. The van der Waals surface area contributed by atoms with E-state index in [0.29, 0.717) is 12.1 Å². The van der Waals surface area contributed by atoms with Gasteiger partial charge in [-0.05, 0) is 0 Å².